The van der Waals surface area contributed by atoms with Gasteiger partial charge in [-0.2, -0.15) is 0 Å². The molecule has 0 saturated carbocycles. The Labute approximate surface area is 110 Å². The van der Waals surface area contributed by atoms with Crippen molar-refractivity contribution in [3.8, 4) is 11.5 Å². The lowest BCUT2D eigenvalue weighted by molar-refractivity contribution is 0.0205. The zero-order valence-electron chi connectivity index (χ0n) is 10.6. The molecule has 2 heterocycles. The predicted molar refractivity (Wildman–Crippen MR) is 65.6 cm³/mol. The van der Waals surface area contributed by atoms with Crippen molar-refractivity contribution < 1.29 is 24.1 Å². The monoisotopic (exact) mass is 265 g/mol. The average Bonchev–Trinajstić information content (AvgIpc) is 2.86. The minimum Gasteiger partial charge on any atom is -0.465 e. The minimum atomic E-state index is -0.972. The van der Waals surface area contributed by atoms with Crippen LogP contribution in [0.25, 0.3) is 0 Å². The molecule has 0 bridgehead atoms. The third-order valence-electron chi connectivity index (χ3n) is 3.45. The maximum absolute atomic E-state index is 10.9. The Morgan fingerprint density at radius 3 is 3.11 bits per heavy atom. The SMILES string of the molecule is CN(CC1OCCc2ccc3c(c21)OCO3)C(=O)O. The summed E-state index contributed by atoms with van der Waals surface area (Å²) in [6, 6.07) is 3.89. The van der Waals surface area contributed by atoms with Crippen molar-refractivity contribution >= 4 is 6.09 Å². The zero-order valence-corrected chi connectivity index (χ0v) is 10.6. The lowest BCUT2D eigenvalue weighted by atomic mass is 9.95. The van der Waals surface area contributed by atoms with Crippen LogP contribution in [0.15, 0.2) is 12.1 Å². The first-order valence-corrected chi connectivity index (χ1v) is 6.14. The largest absolute Gasteiger partial charge is 0.465 e. The van der Waals surface area contributed by atoms with Crippen molar-refractivity contribution in [1.82, 2.24) is 4.90 Å². The van der Waals surface area contributed by atoms with Crippen molar-refractivity contribution in [1.29, 1.82) is 0 Å². The Morgan fingerprint density at radius 2 is 2.32 bits per heavy atom. The van der Waals surface area contributed by atoms with Gasteiger partial charge in [0.05, 0.1) is 13.2 Å². The molecule has 0 radical (unpaired) electrons. The molecule has 0 aliphatic carbocycles. The van der Waals surface area contributed by atoms with E-state index in [1.54, 1.807) is 0 Å². The van der Waals surface area contributed by atoms with Crippen LogP contribution < -0.4 is 9.47 Å². The second kappa shape index (κ2) is 4.62. The maximum atomic E-state index is 10.9. The molecule has 6 heteroatoms. The van der Waals surface area contributed by atoms with E-state index in [-0.39, 0.29) is 19.4 Å². The molecule has 2 aliphatic rings. The van der Waals surface area contributed by atoms with Crippen LogP contribution in [0, 0.1) is 0 Å². The van der Waals surface area contributed by atoms with E-state index in [1.807, 2.05) is 12.1 Å². The van der Waals surface area contributed by atoms with Crippen LogP contribution in [0.5, 0.6) is 11.5 Å². The minimum absolute atomic E-state index is 0.202. The quantitative estimate of drug-likeness (QED) is 0.880. The van der Waals surface area contributed by atoms with Crippen LogP contribution in [0.3, 0.4) is 0 Å². The molecule has 1 unspecified atom stereocenters. The zero-order chi connectivity index (χ0) is 13.4. The first-order chi connectivity index (χ1) is 9.16. The number of ether oxygens (including phenoxy) is 3. The van der Waals surface area contributed by atoms with Crippen LogP contribution in [0.1, 0.15) is 17.2 Å². The van der Waals surface area contributed by atoms with Gasteiger partial charge in [-0.1, -0.05) is 6.07 Å². The molecule has 6 nitrogen and oxygen atoms in total. The summed E-state index contributed by atoms with van der Waals surface area (Å²) in [6.07, 6.45) is -0.471. The highest BCUT2D eigenvalue weighted by Gasteiger charge is 2.31. The molecule has 3 rings (SSSR count). The topological polar surface area (TPSA) is 68.2 Å². The summed E-state index contributed by atoms with van der Waals surface area (Å²) in [5.41, 5.74) is 2.06. The number of carboxylic acid groups (broad SMARTS) is 1. The normalized spacial score (nSPS) is 19.9. The van der Waals surface area contributed by atoms with Crippen LogP contribution in [0.2, 0.25) is 0 Å². The van der Waals surface area contributed by atoms with Gasteiger partial charge in [0.25, 0.3) is 0 Å². The van der Waals surface area contributed by atoms with E-state index in [2.05, 4.69) is 0 Å². The smallest absolute Gasteiger partial charge is 0.407 e. The highest BCUT2D eigenvalue weighted by molar-refractivity contribution is 5.64. The molecular formula is C13H15NO5. The van der Waals surface area contributed by atoms with Gasteiger partial charge in [-0.3, -0.25) is 0 Å². The van der Waals surface area contributed by atoms with Crippen molar-refractivity contribution in [2.45, 2.75) is 12.5 Å². The van der Waals surface area contributed by atoms with Crippen molar-refractivity contribution in [2.75, 3.05) is 27.0 Å². The van der Waals surface area contributed by atoms with Gasteiger partial charge < -0.3 is 24.2 Å². The van der Waals surface area contributed by atoms with Gasteiger partial charge in [0.1, 0.15) is 6.10 Å². The highest BCUT2D eigenvalue weighted by atomic mass is 16.7. The first-order valence-electron chi connectivity index (χ1n) is 6.14. The molecule has 0 aromatic heterocycles. The van der Waals surface area contributed by atoms with E-state index >= 15 is 0 Å². The Morgan fingerprint density at radius 1 is 1.47 bits per heavy atom. The lowest BCUT2D eigenvalue weighted by Gasteiger charge is -2.29. The van der Waals surface area contributed by atoms with E-state index in [0.717, 1.165) is 17.5 Å². The van der Waals surface area contributed by atoms with Gasteiger partial charge in [0, 0.05) is 12.6 Å². The molecule has 0 spiro atoms. The summed E-state index contributed by atoms with van der Waals surface area (Å²) in [5, 5.41) is 8.97. The maximum Gasteiger partial charge on any atom is 0.407 e. The second-order valence-electron chi connectivity index (χ2n) is 4.64. The molecule has 0 fully saturated rings. The van der Waals surface area contributed by atoms with E-state index in [4.69, 9.17) is 19.3 Å². The van der Waals surface area contributed by atoms with E-state index in [0.29, 0.717) is 18.1 Å². The third-order valence-corrected chi connectivity index (χ3v) is 3.45. The van der Waals surface area contributed by atoms with Gasteiger partial charge in [0.15, 0.2) is 11.5 Å². The molecule has 102 valence electrons. The second-order valence-corrected chi connectivity index (χ2v) is 4.64. The lowest BCUT2D eigenvalue weighted by Crippen LogP contribution is -2.32. The summed E-state index contributed by atoms with van der Waals surface area (Å²) in [7, 11) is 1.53. The highest BCUT2D eigenvalue weighted by Crippen LogP contribution is 2.43. The Kier molecular flexibility index (Phi) is 2.94. The fraction of sp³-hybridized carbons (Fsp3) is 0.462. The molecule has 19 heavy (non-hydrogen) atoms. The van der Waals surface area contributed by atoms with Gasteiger partial charge in [-0.15, -0.1) is 0 Å². The van der Waals surface area contributed by atoms with Crippen LogP contribution in [0.4, 0.5) is 4.79 Å². The Balaban J connectivity index is 1.95. The van der Waals surface area contributed by atoms with Crippen molar-refractivity contribution in [2.24, 2.45) is 0 Å². The van der Waals surface area contributed by atoms with Gasteiger partial charge in [-0.05, 0) is 18.1 Å². The average molecular weight is 265 g/mol. The number of rotatable bonds is 2. The van der Waals surface area contributed by atoms with E-state index in [9.17, 15) is 4.79 Å². The van der Waals surface area contributed by atoms with Gasteiger partial charge in [0.2, 0.25) is 6.79 Å². The fourth-order valence-corrected chi connectivity index (χ4v) is 2.47. The number of benzene rings is 1. The van der Waals surface area contributed by atoms with Crippen LogP contribution in [-0.4, -0.2) is 43.1 Å². The van der Waals surface area contributed by atoms with E-state index < -0.39 is 6.09 Å². The van der Waals surface area contributed by atoms with Crippen LogP contribution >= 0.6 is 0 Å². The fourth-order valence-electron chi connectivity index (χ4n) is 2.47. The molecule has 1 aromatic rings. The van der Waals surface area contributed by atoms with Gasteiger partial charge >= 0.3 is 6.09 Å². The first kappa shape index (κ1) is 12.1. The molecular weight excluding hydrogens is 250 g/mol. The molecule has 1 N–H and O–H groups in total. The number of fused-ring (bicyclic) bond motifs is 3. The Hall–Kier alpha value is -1.95. The number of amides is 1. The van der Waals surface area contributed by atoms with Crippen LogP contribution in [-0.2, 0) is 11.2 Å². The molecule has 1 atom stereocenters. The van der Waals surface area contributed by atoms with Crippen molar-refractivity contribution in [3.05, 3.63) is 23.3 Å². The molecule has 1 aromatic carbocycles. The Bertz CT molecular complexity index is 516. The molecule has 0 saturated heterocycles. The number of carbonyl (C=O) groups is 1. The predicted octanol–water partition coefficient (Wildman–Crippen LogP) is 1.64. The number of likely N-dealkylation sites (N-methyl/N-ethyl adjacent to an activating group) is 1. The summed E-state index contributed by atoms with van der Waals surface area (Å²) >= 11 is 0. The third kappa shape index (κ3) is 2.08. The summed E-state index contributed by atoms with van der Waals surface area (Å²) < 4.78 is 16.6. The summed E-state index contributed by atoms with van der Waals surface area (Å²) in [5.74, 6) is 1.40. The van der Waals surface area contributed by atoms with E-state index in [1.165, 1.54) is 11.9 Å². The number of nitrogens with zero attached hydrogens (tertiary/aromatic N) is 1. The summed E-state index contributed by atoms with van der Waals surface area (Å²) in [4.78, 5) is 12.2. The van der Waals surface area contributed by atoms with Gasteiger partial charge in [-0.25, -0.2) is 4.79 Å². The molecule has 2 aliphatic heterocycles. The summed E-state index contributed by atoms with van der Waals surface area (Å²) in [6.45, 7) is 1.07. The number of hydrogen-bond acceptors (Lipinski definition) is 4. The number of hydrogen-bond donors (Lipinski definition) is 1. The van der Waals surface area contributed by atoms with Crippen molar-refractivity contribution in [3.63, 3.8) is 0 Å². The molecule has 1 amide bonds. The standard InChI is InChI=1S/C13H15NO5/c1-14(13(15)16)6-10-11-8(4-5-17-10)2-3-9-12(11)19-7-18-9/h2-3,10H,4-7H2,1H3,(H,15,16).